The van der Waals surface area contributed by atoms with Gasteiger partial charge in [-0.15, -0.1) is 0 Å². The van der Waals surface area contributed by atoms with Crippen molar-refractivity contribution in [3.63, 3.8) is 0 Å². The van der Waals surface area contributed by atoms with Gasteiger partial charge in [0.05, 0.1) is 26.2 Å². The molecule has 1 N–H and O–H groups in total. The fraction of sp³-hybridized carbons (Fsp3) is 0.194. The number of ketones is 2. The summed E-state index contributed by atoms with van der Waals surface area (Å²) in [6.45, 7) is 2.01. The van der Waals surface area contributed by atoms with Crippen LogP contribution in [0.2, 0.25) is 0 Å². The molecular weight excluding hydrogens is 540 g/mol. The van der Waals surface area contributed by atoms with E-state index in [9.17, 15) is 14.4 Å². The van der Waals surface area contributed by atoms with E-state index in [2.05, 4.69) is 11.4 Å². The van der Waals surface area contributed by atoms with Gasteiger partial charge < -0.3 is 19.7 Å². The highest BCUT2D eigenvalue weighted by Crippen LogP contribution is 2.58. The van der Waals surface area contributed by atoms with Crippen LogP contribution in [0, 0.1) is 5.92 Å². The van der Waals surface area contributed by atoms with Crippen LogP contribution < -0.4 is 19.7 Å². The zero-order chi connectivity index (χ0) is 29.9. The molecule has 7 rings (SSSR count). The number of nitrogens with one attached hydrogen (secondary N) is 1. The van der Waals surface area contributed by atoms with E-state index >= 15 is 0 Å². The van der Waals surface area contributed by atoms with Crippen LogP contribution in [0.1, 0.15) is 38.8 Å². The Morgan fingerprint density at radius 2 is 1.51 bits per heavy atom. The summed E-state index contributed by atoms with van der Waals surface area (Å²) in [5.41, 5.74) is 3.56. The van der Waals surface area contributed by atoms with Gasteiger partial charge in [-0.2, -0.15) is 0 Å². The third kappa shape index (κ3) is 3.77. The van der Waals surface area contributed by atoms with Gasteiger partial charge in [0, 0.05) is 28.1 Å². The molecule has 7 heteroatoms. The molecule has 3 aliphatic heterocycles. The van der Waals surface area contributed by atoms with Gasteiger partial charge in [0.1, 0.15) is 23.0 Å². The lowest BCUT2D eigenvalue weighted by Gasteiger charge is -2.39. The summed E-state index contributed by atoms with van der Waals surface area (Å²) in [6.07, 6.45) is 2.05. The molecule has 4 aromatic carbocycles. The first kappa shape index (κ1) is 26.7. The zero-order valence-electron chi connectivity index (χ0n) is 24.0. The van der Waals surface area contributed by atoms with E-state index < -0.39 is 23.4 Å². The van der Waals surface area contributed by atoms with E-state index in [0.717, 1.165) is 16.8 Å². The van der Waals surface area contributed by atoms with Crippen LogP contribution in [0.3, 0.4) is 0 Å². The highest BCUT2D eigenvalue weighted by atomic mass is 16.5. The molecular formula is C36H30N2O5. The number of fused-ring (bicyclic) bond motifs is 6. The van der Waals surface area contributed by atoms with Gasteiger partial charge in [0.2, 0.25) is 5.91 Å². The lowest BCUT2D eigenvalue weighted by atomic mass is 9.64. The molecule has 3 heterocycles. The normalized spacial score (nSPS) is 23.1. The molecule has 214 valence electrons. The topological polar surface area (TPSA) is 84.9 Å². The summed E-state index contributed by atoms with van der Waals surface area (Å²) in [5, 5.41) is 3.08. The Morgan fingerprint density at radius 1 is 0.791 bits per heavy atom. The average Bonchev–Trinajstić information content (AvgIpc) is 3.52. The Balaban J connectivity index is 1.53. The number of Topliss-reactive ketones (excluding diaryl/α,β-unsaturated/α-hetero) is 2. The molecule has 0 aliphatic carbocycles. The number of para-hydroxylation sites is 2. The van der Waals surface area contributed by atoms with E-state index in [4.69, 9.17) is 9.47 Å². The lowest BCUT2D eigenvalue weighted by molar-refractivity contribution is -0.121. The number of methoxy groups -OCH3 is 2. The maximum atomic E-state index is 14.9. The fourth-order valence-electron chi connectivity index (χ4n) is 7.27. The van der Waals surface area contributed by atoms with Crippen molar-refractivity contribution < 1.29 is 23.9 Å². The minimum absolute atomic E-state index is 0.257. The highest BCUT2D eigenvalue weighted by Gasteiger charge is 2.70. The Kier molecular flexibility index (Phi) is 6.20. The summed E-state index contributed by atoms with van der Waals surface area (Å²) >= 11 is 0. The number of benzene rings is 4. The van der Waals surface area contributed by atoms with Gasteiger partial charge in [-0.3, -0.25) is 14.4 Å². The molecule has 0 radical (unpaired) electrons. The number of carbonyl (C=O) groups is 3. The second kappa shape index (κ2) is 9.98. The first-order valence-electron chi connectivity index (χ1n) is 14.2. The fourth-order valence-corrected chi connectivity index (χ4v) is 7.27. The Labute approximate surface area is 249 Å². The third-order valence-electron chi connectivity index (χ3n) is 9.16. The van der Waals surface area contributed by atoms with Crippen molar-refractivity contribution in [2.45, 2.75) is 24.4 Å². The van der Waals surface area contributed by atoms with Gasteiger partial charge in [0.15, 0.2) is 11.6 Å². The number of amides is 1. The molecule has 1 spiro atoms. The van der Waals surface area contributed by atoms with Crippen LogP contribution in [-0.4, -0.2) is 43.8 Å². The standard InChI is InChI=1S/C36H30N2O5/c1-21-19-30-36(27-12-5-6-13-28(27)37-35(36)41)31(33(39)22-15-17-24(42-2)18-16-22)32(38(30)29-14-7-4-11-26(21)29)34(40)23-9-8-10-25(20-23)43-3/h4-20,30-32H,1-3H3,(H,37,41). The zero-order valence-corrected chi connectivity index (χ0v) is 24.0. The number of rotatable bonds is 6. The van der Waals surface area contributed by atoms with Crippen LogP contribution >= 0.6 is 0 Å². The van der Waals surface area contributed by atoms with Crippen molar-refractivity contribution in [1.29, 1.82) is 0 Å². The van der Waals surface area contributed by atoms with E-state index in [1.807, 2.05) is 60.4 Å². The number of anilines is 2. The maximum absolute atomic E-state index is 14.9. The minimum atomic E-state index is -1.37. The molecule has 3 aliphatic rings. The Hall–Kier alpha value is -5.17. The highest BCUT2D eigenvalue weighted by molar-refractivity contribution is 6.18. The van der Waals surface area contributed by atoms with Crippen molar-refractivity contribution in [3.05, 3.63) is 125 Å². The van der Waals surface area contributed by atoms with E-state index in [0.29, 0.717) is 33.9 Å². The molecule has 1 saturated heterocycles. The molecule has 0 bridgehead atoms. The third-order valence-corrected chi connectivity index (χ3v) is 9.16. The monoisotopic (exact) mass is 570 g/mol. The van der Waals surface area contributed by atoms with Gasteiger partial charge in [-0.05, 0) is 66.6 Å². The summed E-state index contributed by atoms with van der Waals surface area (Å²) in [7, 11) is 3.12. The van der Waals surface area contributed by atoms with E-state index in [1.54, 1.807) is 62.8 Å². The van der Waals surface area contributed by atoms with Crippen molar-refractivity contribution in [3.8, 4) is 11.5 Å². The predicted molar refractivity (Wildman–Crippen MR) is 165 cm³/mol. The number of nitrogens with zero attached hydrogens (tertiary/aromatic N) is 1. The van der Waals surface area contributed by atoms with E-state index in [1.165, 1.54) is 0 Å². The molecule has 43 heavy (non-hydrogen) atoms. The van der Waals surface area contributed by atoms with E-state index in [-0.39, 0.29) is 17.5 Å². The second-order valence-corrected chi connectivity index (χ2v) is 11.2. The average molecular weight is 571 g/mol. The second-order valence-electron chi connectivity index (χ2n) is 11.2. The van der Waals surface area contributed by atoms with Gasteiger partial charge in [-0.1, -0.05) is 54.6 Å². The molecule has 1 fully saturated rings. The molecule has 0 saturated carbocycles. The quantitative estimate of drug-likeness (QED) is 0.289. The molecule has 4 aromatic rings. The van der Waals surface area contributed by atoms with Crippen LogP contribution in [-0.2, 0) is 10.2 Å². The summed E-state index contributed by atoms with van der Waals surface area (Å²) in [4.78, 5) is 46.3. The summed E-state index contributed by atoms with van der Waals surface area (Å²) in [6, 6.07) is 27.6. The smallest absolute Gasteiger partial charge is 0.238 e. The van der Waals surface area contributed by atoms with Crippen LogP contribution in [0.25, 0.3) is 5.57 Å². The summed E-state index contributed by atoms with van der Waals surface area (Å²) in [5.74, 6) is -0.743. The van der Waals surface area contributed by atoms with Gasteiger partial charge in [-0.25, -0.2) is 0 Å². The number of allylic oxidation sites excluding steroid dienone is 1. The molecule has 4 unspecified atom stereocenters. The van der Waals surface area contributed by atoms with Crippen LogP contribution in [0.15, 0.2) is 103 Å². The van der Waals surface area contributed by atoms with Crippen LogP contribution in [0.4, 0.5) is 11.4 Å². The van der Waals surface area contributed by atoms with Crippen molar-refractivity contribution in [2.24, 2.45) is 5.92 Å². The molecule has 7 nitrogen and oxygen atoms in total. The maximum Gasteiger partial charge on any atom is 0.238 e. The number of hydrogen-bond acceptors (Lipinski definition) is 6. The number of carbonyl (C=O) groups excluding carboxylic acids is 3. The van der Waals surface area contributed by atoms with Crippen molar-refractivity contribution in [2.75, 3.05) is 24.4 Å². The van der Waals surface area contributed by atoms with Crippen molar-refractivity contribution >= 4 is 34.4 Å². The largest absolute Gasteiger partial charge is 0.497 e. The molecule has 0 aromatic heterocycles. The molecule has 1 amide bonds. The Bertz CT molecular complexity index is 1830. The first-order valence-corrected chi connectivity index (χ1v) is 14.2. The SMILES string of the molecule is COc1ccc(C(=O)C2C(C(=O)c3cccc(OC)c3)N3c4ccccc4C(C)=CC3C23C(=O)Nc2ccccc23)cc1. The number of hydrogen-bond donors (Lipinski definition) is 1. The van der Waals surface area contributed by atoms with Gasteiger partial charge in [0.25, 0.3) is 0 Å². The number of ether oxygens (including phenoxy) is 2. The predicted octanol–water partition coefficient (Wildman–Crippen LogP) is 5.95. The first-order chi connectivity index (χ1) is 20.9. The van der Waals surface area contributed by atoms with Gasteiger partial charge >= 0.3 is 0 Å². The Morgan fingerprint density at radius 3 is 2.28 bits per heavy atom. The molecule has 4 atom stereocenters. The van der Waals surface area contributed by atoms with Crippen LogP contribution in [0.5, 0.6) is 11.5 Å². The lowest BCUT2D eigenvalue weighted by Crippen LogP contribution is -2.51. The van der Waals surface area contributed by atoms with Crippen molar-refractivity contribution in [1.82, 2.24) is 0 Å². The summed E-state index contributed by atoms with van der Waals surface area (Å²) < 4.78 is 10.8. The minimum Gasteiger partial charge on any atom is -0.497 e.